The molecule has 4 nitrogen and oxygen atoms in total. The Hall–Kier alpha value is -1.68. The highest BCUT2D eigenvalue weighted by Gasteiger charge is 2.58. The standard InChI is InChI=1S/C15H18N2O2/c1-8-3-9(2)5-10(4-8)13(16)7-17-14(18)11-6-12(11)15(17)19/h3-5,11-13H,6-7,16H2,1-2H3. The molecule has 3 rings (SSSR count). The molecule has 4 heteroatoms. The number of carbonyl (C=O) groups is 2. The zero-order valence-corrected chi connectivity index (χ0v) is 11.2. The van der Waals surface area contributed by atoms with Gasteiger partial charge in [0.05, 0.1) is 11.8 Å². The van der Waals surface area contributed by atoms with Crippen molar-refractivity contribution in [3.63, 3.8) is 0 Å². The van der Waals surface area contributed by atoms with Gasteiger partial charge in [-0.25, -0.2) is 0 Å². The minimum atomic E-state index is -0.302. The molecule has 1 aliphatic carbocycles. The van der Waals surface area contributed by atoms with Crippen molar-refractivity contribution in [2.24, 2.45) is 17.6 Å². The Balaban J connectivity index is 1.76. The molecule has 1 heterocycles. The van der Waals surface area contributed by atoms with E-state index in [1.165, 1.54) is 4.90 Å². The molecule has 2 amide bonds. The molecular weight excluding hydrogens is 240 g/mol. The summed E-state index contributed by atoms with van der Waals surface area (Å²) in [6.45, 7) is 4.34. The number of amides is 2. The molecule has 3 atom stereocenters. The summed E-state index contributed by atoms with van der Waals surface area (Å²) in [5, 5.41) is 0. The van der Waals surface area contributed by atoms with Crippen molar-refractivity contribution in [1.82, 2.24) is 4.90 Å². The van der Waals surface area contributed by atoms with E-state index in [4.69, 9.17) is 5.73 Å². The first-order valence-corrected chi connectivity index (χ1v) is 6.66. The van der Waals surface area contributed by atoms with E-state index >= 15 is 0 Å². The minimum Gasteiger partial charge on any atom is -0.322 e. The molecule has 3 unspecified atom stereocenters. The van der Waals surface area contributed by atoms with Crippen LogP contribution in [0.1, 0.15) is 29.2 Å². The van der Waals surface area contributed by atoms with Gasteiger partial charge in [0, 0.05) is 12.6 Å². The number of carbonyl (C=O) groups excluding carboxylic acids is 2. The maximum Gasteiger partial charge on any atom is 0.233 e. The lowest BCUT2D eigenvalue weighted by Crippen LogP contribution is -2.38. The van der Waals surface area contributed by atoms with Crippen LogP contribution in [0.4, 0.5) is 0 Å². The number of likely N-dealkylation sites (tertiary alicyclic amines) is 1. The third-order valence-electron chi connectivity index (χ3n) is 4.01. The summed E-state index contributed by atoms with van der Waals surface area (Å²) in [6.07, 6.45) is 0.743. The second-order valence-corrected chi connectivity index (χ2v) is 5.76. The Morgan fingerprint density at radius 2 is 1.68 bits per heavy atom. The van der Waals surface area contributed by atoms with Gasteiger partial charge in [0.25, 0.3) is 0 Å². The Kier molecular flexibility index (Phi) is 2.71. The zero-order chi connectivity index (χ0) is 13.7. The summed E-state index contributed by atoms with van der Waals surface area (Å²) in [5.74, 6) is -0.150. The van der Waals surface area contributed by atoms with Crippen LogP contribution in [0, 0.1) is 25.7 Å². The fraction of sp³-hybridized carbons (Fsp3) is 0.467. The molecule has 19 heavy (non-hydrogen) atoms. The predicted molar refractivity (Wildman–Crippen MR) is 71.2 cm³/mol. The number of nitrogens with two attached hydrogens (primary N) is 1. The highest BCUT2D eigenvalue weighted by molar-refractivity contribution is 6.08. The average molecular weight is 258 g/mol. The van der Waals surface area contributed by atoms with Gasteiger partial charge in [-0.15, -0.1) is 0 Å². The predicted octanol–water partition coefficient (Wildman–Crippen LogP) is 1.31. The van der Waals surface area contributed by atoms with Crippen molar-refractivity contribution >= 4 is 11.8 Å². The number of fused-ring (bicyclic) bond motifs is 1. The summed E-state index contributed by atoms with van der Waals surface area (Å²) < 4.78 is 0. The second-order valence-electron chi connectivity index (χ2n) is 5.76. The van der Waals surface area contributed by atoms with Crippen LogP contribution in [0.15, 0.2) is 18.2 Å². The monoisotopic (exact) mass is 258 g/mol. The molecule has 2 fully saturated rings. The van der Waals surface area contributed by atoms with E-state index in [1.54, 1.807) is 0 Å². The number of benzene rings is 1. The summed E-state index contributed by atoms with van der Waals surface area (Å²) >= 11 is 0. The molecule has 0 spiro atoms. The first kappa shape index (κ1) is 12.4. The van der Waals surface area contributed by atoms with Crippen LogP contribution >= 0.6 is 0 Å². The Labute approximate surface area is 112 Å². The van der Waals surface area contributed by atoms with Crippen LogP contribution in [-0.4, -0.2) is 23.3 Å². The average Bonchev–Trinajstić information content (AvgIpc) is 3.08. The minimum absolute atomic E-state index is 0.0326. The summed E-state index contributed by atoms with van der Waals surface area (Å²) in [5.41, 5.74) is 9.43. The molecule has 100 valence electrons. The van der Waals surface area contributed by atoms with Gasteiger partial charge in [0.2, 0.25) is 11.8 Å². The molecule has 1 aromatic rings. The van der Waals surface area contributed by atoms with Crippen molar-refractivity contribution in [2.75, 3.05) is 6.54 Å². The van der Waals surface area contributed by atoms with Crippen LogP contribution < -0.4 is 5.73 Å². The first-order chi connectivity index (χ1) is 8.97. The highest BCUT2D eigenvalue weighted by atomic mass is 16.2. The van der Waals surface area contributed by atoms with Crippen molar-refractivity contribution < 1.29 is 9.59 Å². The Morgan fingerprint density at radius 1 is 1.16 bits per heavy atom. The number of hydrogen-bond acceptors (Lipinski definition) is 3. The Bertz CT molecular complexity index is 527. The lowest BCUT2D eigenvalue weighted by atomic mass is 10.0. The maximum absolute atomic E-state index is 11.9. The van der Waals surface area contributed by atoms with Gasteiger partial charge in [0.1, 0.15) is 0 Å². The van der Waals surface area contributed by atoms with E-state index < -0.39 is 0 Å². The van der Waals surface area contributed by atoms with E-state index in [-0.39, 0.29) is 29.7 Å². The second kappa shape index (κ2) is 4.17. The van der Waals surface area contributed by atoms with Crippen LogP contribution in [0.2, 0.25) is 0 Å². The van der Waals surface area contributed by atoms with E-state index in [0.29, 0.717) is 6.54 Å². The number of nitrogens with zero attached hydrogens (tertiary/aromatic N) is 1. The van der Waals surface area contributed by atoms with Gasteiger partial charge in [-0.3, -0.25) is 14.5 Å². The Morgan fingerprint density at radius 3 is 2.21 bits per heavy atom. The normalized spacial score (nSPS) is 26.6. The zero-order valence-electron chi connectivity index (χ0n) is 11.2. The summed E-state index contributed by atoms with van der Waals surface area (Å²) in [6, 6.07) is 5.81. The maximum atomic E-state index is 11.9. The molecule has 1 aliphatic heterocycles. The number of imide groups is 1. The van der Waals surface area contributed by atoms with Gasteiger partial charge in [-0.1, -0.05) is 29.3 Å². The number of rotatable bonds is 3. The fourth-order valence-electron chi connectivity index (χ4n) is 2.96. The topological polar surface area (TPSA) is 63.4 Å². The van der Waals surface area contributed by atoms with Crippen LogP contribution in [0.3, 0.4) is 0 Å². The fourth-order valence-corrected chi connectivity index (χ4v) is 2.96. The molecule has 1 saturated heterocycles. The molecule has 1 saturated carbocycles. The largest absolute Gasteiger partial charge is 0.322 e. The van der Waals surface area contributed by atoms with Crippen molar-refractivity contribution in [3.8, 4) is 0 Å². The van der Waals surface area contributed by atoms with Gasteiger partial charge in [0.15, 0.2) is 0 Å². The van der Waals surface area contributed by atoms with Gasteiger partial charge in [-0.2, -0.15) is 0 Å². The van der Waals surface area contributed by atoms with Crippen LogP contribution in [-0.2, 0) is 9.59 Å². The van der Waals surface area contributed by atoms with E-state index in [9.17, 15) is 9.59 Å². The molecular formula is C15H18N2O2. The third kappa shape index (κ3) is 2.06. The summed E-state index contributed by atoms with van der Waals surface area (Å²) in [7, 11) is 0. The van der Waals surface area contributed by atoms with Gasteiger partial charge in [-0.05, 0) is 25.8 Å². The van der Waals surface area contributed by atoms with E-state index in [2.05, 4.69) is 6.07 Å². The molecule has 2 aliphatic rings. The third-order valence-corrected chi connectivity index (χ3v) is 4.01. The molecule has 0 radical (unpaired) electrons. The lowest BCUT2D eigenvalue weighted by molar-refractivity contribution is -0.141. The van der Waals surface area contributed by atoms with E-state index in [0.717, 1.165) is 23.1 Å². The number of piperidine rings is 1. The van der Waals surface area contributed by atoms with Crippen LogP contribution in [0.25, 0.3) is 0 Å². The van der Waals surface area contributed by atoms with Crippen molar-refractivity contribution in [1.29, 1.82) is 0 Å². The number of hydrogen-bond donors (Lipinski definition) is 1. The number of aryl methyl sites for hydroxylation is 2. The molecule has 1 aromatic carbocycles. The van der Waals surface area contributed by atoms with Crippen LogP contribution in [0.5, 0.6) is 0 Å². The molecule has 0 aromatic heterocycles. The van der Waals surface area contributed by atoms with Crippen molar-refractivity contribution in [2.45, 2.75) is 26.3 Å². The molecule has 2 N–H and O–H groups in total. The lowest BCUT2D eigenvalue weighted by Gasteiger charge is -2.21. The highest BCUT2D eigenvalue weighted by Crippen LogP contribution is 2.47. The van der Waals surface area contributed by atoms with Crippen molar-refractivity contribution in [3.05, 3.63) is 34.9 Å². The molecule has 0 bridgehead atoms. The SMILES string of the molecule is Cc1cc(C)cc(C(N)CN2C(=O)C3CC3C2=O)c1. The van der Waals surface area contributed by atoms with E-state index in [1.807, 2.05) is 26.0 Å². The first-order valence-electron chi connectivity index (χ1n) is 6.66. The van der Waals surface area contributed by atoms with Gasteiger partial charge < -0.3 is 5.73 Å². The quantitative estimate of drug-likeness (QED) is 0.831. The van der Waals surface area contributed by atoms with Gasteiger partial charge >= 0.3 is 0 Å². The summed E-state index contributed by atoms with van der Waals surface area (Å²) in [4.78, 5) is 25.2. The smallest absolute Gasteiger partial charge is 0.233 e.